The summed E-state index contributed by atoms with van der Waals surface area (Å²) in [4.78, 5) is 25.8. The summed E-state index contributed by atoms with van der Waals surface area (Å²) in [5, 5.41) is 9.96. The third kappa shape index (κ3) is 2.73. The quantitative estimate of drug-likeness (QED) is 0.793. The first kappa shape index (κ1) is 13.5. The Balaban J connectivity index is 2.07. The molecule has 0 bridgehead atoms. The minimum absolute atomic E-state index is 0.0840. The van der Waals surface area contributed by atoms with Gasteiger partial charge in [0.05, 0.1) is 12.6 Å². The molecule has 1 aliphatic rings. The molecule has 5 nitrogen and oxygen atoms in total. The monoisotopic (exact) mass is 266 g/mol. The van der Waals surface area contributed by atoms with Gasteiger partial charge in [-0.25, -0.2) is 4.39 Å². The summed E-state index contributed by atoms with van der Waals surface area (Å²) < 4.78 is 13.5. The zero-order chi connectivity index (χ0) is 14.0. The van der Waals surface area contributed by atoms with Gasteiger partial charge in [-0.1, -0.05) is 18.2 Å². The lowest BCUT2D eigenvalue weighted by atomic mass is 10.1. The Bertz CT molecular complexity index is 506. The van der Waals surface area contributed by atoms with Crippen LogP contribution in [0.15, 0.2) is 24.3 Å². The summed E-state index contributed by atoms with van der Waals surface area (Å²) in [5.74, 6) is -1.79. The number of carbonyl (C=O) groups excluding carboxylic acids is 2. The first-order valence-electron chi connectivity index (χ1n) is 5.97. The van der Waals surface area contributed by atoms with Gasteiger partial charge in [0.25, 0.3) is 0 Å². The zero-order valence-electron chi connectivity index (χ0n) is 10.5. The Morgan fingerprint density at radius 2 is 1.95 bits per heavy atom. The number of nitrogens with zero attached hydrogens (tertiary/aromatic N) is 2. The van der Waals surface area contributed by atoms with Gasteiger partial charge in [0.2, 0.25) is 0 Å². The highest BCUT2D eigenvalue weighted by Gasteiger charge is 2.31. The molecule has 1 unspecified atom stereocenters. The summed E-state index contributed by atoms with van der Waals surface area (Å²) in [7, 11) is 1.55. The van der Waals surface area contributed by atoms with E-state index >= 15 is 0 Å². The van der Waals surface area contributed by atoms with Crippen molar-refractivity contribution in [3.63, 3.8) is 0 Å². The number of aliphatic hydroxyl groups excluding tert-OH is 1. The van der Waals surface area contributed by atoms with Gasteiger partial charge in [-0.15, -0.1) is 0 Å². The van der Waals surface area contributed by atoms with Crippen LogP contribution in [0, 0.1) is 5.82 Å². The molecule has 19 heavy (non-hydrogen) atoms. The minimum atomic E-state index is -1.14. The number of likely N-dealkylation sites (N-methyl/N-ethyl adjacent to an activating group) is 1. The number of halogens is 1. The van der Waals surface area contributed by atoms with Crippen molar-refractivity contribution in [3.05, 3.63) is 35.6 Å². The van der Waals surface area contributed by atoms with Crippen LogP contribution in [-0.4, -0.2) is 53.4 Å². The normalized spacial score (nSPS) is 17.8. The number of rotatable bonds is 3. The Hall–Kier alpha value is -1.95. The molecular weight excluding hydrogens is 251 g/mol. The highest BCUT2D eigenvalue weighted by molar-refractivity contribution is 6.35. The maximum Gasteiger partial charge on any atom is 0.312 e. The van der Waals surface area contributed by atoms with Crippen LogP contribution < -0.4 is 0 Å². The standard InChI is InChI=1S/C13H15FN2O3/c1-15-6-7-16(13(19)12(15)18)8-11(17)9-4-2-3-5-10(9)14/h2-5,11,17H,6-8H2,1H3. The molecule has 1 aromatic carbocycles. The van der Waals surface area contributed by atoms with E-state index in [0.717, 1.165) is 0 Å². The van der Waals surface area contributed by atoms with Crippen molar-refractivity contribution in [1.29, 1.82) is 0 Å². The van der Waals surface area contributed by atoms with Gasteiger partial charge in [-0.3, -0.25) is 9.59 Å². The largest absolute Gasteiger partial charge is 0.386 e. The fourth-order valence-corrected chi connectivity index (χ4v) is 2.00. The molecular formula is C13H15FN2O3. The van der Waals surface area contributed by atoms with Crippen LogP contribution in [0.5, 0.6) is 0 Å². The van der Waals surface area contributed by atoms with Crippen molar-refractivity contribution in [2.24, 2.45) is 0 Å². The SMILES string of the molecule is CN1CCN(CC(O)c2ccccc2F)C(=O)C1=O. The molecule has 1 aromatic rings. The van der Waals surface area contributed by atoms with Crippen LogP contribution in [-0.2, 0) is 9.59 Å². The fourth-order valence-electron chi connectivity index (χ4n) is 2.00. The predicted molar refractivity (Wildman–Crippen MR) is 65.6 cm³/mol. The highest BCUT2D eigenvalue weighted by Crippen LogP contribution is 2.18. The Labute approximate surface area is 110 Å². The van der Waals surface area contributed by atoms with Crippen LogP contribution in [0.1, 0.15) is 11.7 Å². The van der Waals surface area contributed by atoms with E-state index in [4.69, 9.17) is 0 Å². The molecule has 0 aromatic heterocycles. The molecule has 6 heteroatoms. The van der Waals surface area contributed by atoms with Crippen LogP contribution in [0.4, 0.5) is 4.39 Å². The second-order valence-corrected chi connectivity index (χ2v) is 4.52. The molecule has 0 radical (unpaired) electrons. The lowest BCUT2D eigenvalue weighted by molar-refractivity contribution is -0.155. The van der Waals surface area contributed by atoms with Crippen molar-refractivity contribution in [2.75, 3.05) is 26.7 Å². The number of hydrogen-bond donors (Lipinski definition) is 1. The molecule has 102 valence electrons. The second kappa shape index (κ2) is 5.36. The molecule has 0 aliphatic carbocycles. The lowest BCUT2D eigenvalue weighted by Crippen LogP contribution is -2.53. The third-order valence-corrected chi connectivity index (χ3v) is 3.18. The van der Waals surface area contributed by atoms with E-state index in [1.807, 2.05) is 0 Å². The third-order valence-electron chi connectivity index (χ3n) is 3.18. The Morgan fingerprint density at radius 1 is 1.26 bits per heavy atom. The number of hydrogen-bond acceptors (Lipinski definition) is 3. The minimum Gasteiger partial charge on any atom is -0.386 e. The number of benzene rings is 1. The van der Waals surface area contributed by atoms with E-state index in [2.05, 4.69) is 0 Å². The van der Waals surface area contributed by atoms with E-state index in [0.29, 0.717) is 13.1 Å². The number of aliphatic hydroxyl groups is 1. The maximum absolute atomic E-state index is 13.5. The fraction of sp³-hybridized carbons (Fsp3) is 0.385. The topological polar surface area (TPSA) is 60.9 Å². The van der Waals surface area contributed by atoms with Gasteiger partial charge in [0.1, 0.15) is 5.82 Å². The number of β-amino-alcohol motifs (C(OH)–C–C–N with tert-alkyl or cyclic N) is 1. The molecule has 1 saturated heterocycles. The van der Waals surface area contributed by atoms with Gasteiger partial charge < -0.3 is 14.9 Å². The smallest absolute Gasteiger partial charge is 0.312 e. The molecule has 0 spiro atoms. The molecule has 2 amide bonds. The highest BCUT2D eigenvalue weighted by atomic mass is 19.1. The molecule has 2 rings (SSSR count). The average Bonchev–Trinajstić information content (AvgIpc) is 2.40. The van der Waals surface area contributed by atoms with E-state index in [9.17, 15) is 19.1 Å². The van der Waals surface area contributed by atoms with Crippen molar-refractivity contribution >= 4 is 11.8 Å². The van der Waals surface area contributed by atoms with Crippen molar-refractivity contribution < 1.29 is 19.1 Å². The zero-order valence-corrected chi connectivity index (χ0v) is 10.5. The van der Waals surface area contributed by atoms with Crippen LogP contribution in [0.25, 0.3) is 0 Å². The molecule has 1 atom stereocenters. The molecule has 1 heterocycles. The molecule has 1 aliphatic heterocycles. The second-order valence-electron chi connectivity index (χ2n) is 4.52. The van der Waals surface area contributed by atoms with E-state index in [1.54, 1.807) is 13.1 Å². The van der Waals surface area contributed by atoms with Gasteiger partial charge in [-0.2, -0.15) is 0 Å². The number of piperazine rings is 1. The Morgan fingerprint density at radius 3 is 2.63 bits per heavy atom. The lowest BCUT2D eigenvalue weighted by Gasteiger charge is -2.32. The first-order chi connectivity index (χ1) is 9.00. The van der Waals surface area contributed by atoms with Gasteiger partial charge >= 0.3 is 11.8 Å². The van der Waals surface area contributed by atoms with Crippen LogP contribution >= 0.6 is 0 Å². The Kier molecular flexibility index (Phi) is 3.80. The van der Waals surface area contributed by atoms with Crippen molar-refractivity contribution in [3.8, 4) is 0 Å². The summed E-state index contributed by atoms with van der Waals surface area (Å²) >= 11 is 0. The van der Waals surface area contributed by atoms with Gasteiger partial charge in [0, 0.05) is 25.7 Å². The summed E-state index contributed by atoms with van der Waals surface area (Å²) in [5.41, 5.74) is 0.127. The van der Waals surface area contributed by atoms with E-state index < -0.39 is 23.7 Å². The summed E-state index contributed by atoms with van der Waals surface area (Å²) in [6.07, 6.45) is -1.14. The van der Waals surface area contributed by atoms with Crippen LogP contribution in [0.2, 0.25) is 0 Å². The number of amides is 2. The summed E-state index contributed by atoms with van der Waals surface area (Å²) in [6, 6.07) is 5.84. The molecule has 1 fully saturated rings. The van der Waals surface area contributed by atoms with Crippen LogP contribution in [0.3, 0.4) is 0 Å². The molecule has 0 saturated carbocycles. The summed E-state index contributed by atoms with van der Waals surface area (Å²) in [6.45, 7) is 0.667. The van der Waals surface area contributed by atoms with Gasteiger partial charge in [0.15, 0.2) is 0 Å². The average molecular weight is 266 g/mol. The van der Waals surface area contributed by atoms with Crippen molar-refractivity contribution in [2.45, 2.75) is 6.10 Å². The van der Waals surface area contributed by atoms with Crippen molar-refractivity contribution in [1.82, 2.24) is 9.80 Å². The molecule has 1 N–H and O–H groups in total. The first-order valence-corrected chi connectivity index (χ1v) is 5.97. The van der Waals surface area contributed by atoms with E-state index in [1.165, 1.54) is 28.0 Å². The predicted octanol–water partition coefficient (Wildman–Crippen LogP) is 0.160. The number of carbonyl (C=O) groups is 2. The van der Waals surface area contributed by atoms with E-state index in [-0.39, 0.29) is 12.1 Å². The van der Waals surface area contributed by atoms with Gasteiger partial charge in [-0.05, 0) is 6.07 Å². The maximum atomic E-state index is 13.5.